The van der Waals surface area contributed by atoms with Crippen LogP contribution in [0.25, 0.3) is 32.8 Å². The van der Waals surface area contributed by atoms with Gasteiger partial charge in [-0.15, -0.1) is 0 Å². The van der Waals surface area contributed by atoms with Crippen molar-refractivity contribution in [3.63, 3.8) is 0 Å². The summed E-state index contributed by atoms with van der Waals surface area (Å²) in [5.74, 6) is 0.298. The van der Waals surface area contributed by atoms with Gasteiger partial charge in [-0.2, -0.15) is 9.97 Å². The van der Waals surface area contributed by atoms with Crippen LogP contribution in [0.3, 0.4) is 0 Å². The Kier molecular flexibility index (Phi) is 9.55. The maximum atomic E-state index is 16.8. The molecule has 8 rings (SSSR count). The molecule has 2 bridgehead atoms. The van der Waals surface area contributed by atoms with E-state index >= 15 is 4.39 Å². The smallest absolute Gasteiger partial charge is 0.407 e. The summed E-state index contributed by atoms with van der Waals surface area (Å²) in [4.78, 5) is 26.4. The molecule has 0 spiro atoms. The first-order chi connectivity index (χ1) is 25.0. The molecule has 4 aromatic carbocycles. The number of nitrogens with one attached hydrogen (secondary N) is 2. The third-order valence-electron chi connectivity index (χ3n) is 10.4. The number of aromatic hydroxyl groups is 1. The number of hydrogen-bond donors (Lipinski definition) is 3. The lowest BCUT2D eigenvalue weighted by atomic mass is 9.96. The van der Waals surface area contributed by atoms with E-state index in [0.717, 1.165) is 74.6 Å². The van der Waals surface area contributed by atoms with Crippen molar-refractivity contribution in [3.05, 3.63) is 90.2 Å². The molecule has 0 radical (unpaired) electrons. The Morgan fingerprint density at radius 1 is 0.941 bits per heavy atom. The van der Waals surface area contributed by atoms with Gasteiger partial charge in [0.05, 0.1) is 0 Å². The number of hydrogen-bond acceptors (Lipinski definition) is 9. The standard InChI is InChI=1S/C40H43FN6O4/c41-36-33(35-21-31(48)20-27-10-4-5-12-32(27)35)15-16-34-37(36)44-39(45-38(34)47-22-28-13-14-29(23-47)43-28)50-25-30-11-6-18-46(30)19-7-17-42-40(49)51-24-26-8-2-1-3-9-26/h1-5,8-10,12,15-16,20-21,28-30,43,48H,6-7,11,13-14,17-19,22-25H2,(H,42,49)/t28-,29+,30-/m0/s1. The van der Waals surface area contributed by atoms with E-state index in [9.17, 15) is 9.90 Å². The molecule has 3 fully saturated rings. The predicted octanol–water partition coefficient (Wildman–Crippen LogP) is 6.40. The Morgan fingerprint density at radius 3 is 2.59 bits per heavy atom. The number of amides is 1. The van der Waals surface area contributed by atoms with Gasteiger partial charge in [0, 0.05) is 55.3 Å². The summed E-state index contributed by atoms with van der Waals surface area (Å²) in [6, 6.07) is 25.3. The van der Waals surface area contributed by atoms with Gasteiger partial charge in [0.15, 0.2) is 5.82 Å². The number of phenols is 1. The van der Waals surface area contributed by atoms with Crippen molar-refractivity contribution in [2.24, 2.45) is 0 Å². The fraction of sp³-hybridized carbons (Fsp3) is 0.375. The topological polar surface area (TPSA) is 112 Å². The van der Waals surface area contributed by atoms with Crippen LogP contribution in [0, 0.1) is 5.82 Å². The number of piperazine rings is 1. The van der Waals surface area contributed by atoms with Crippen molar-refractivity contribution in [2.45, 2.75) is 56.8 Å². The van der Waals surface area contributed by atoms with E-state index in [2.05, 4.69) is 20.4 Å². The largest absolute Gasteiger partial charge is 0.508 e. The Bertz CT molecular complexity index is 2020. The van der Waals surface area contributed by atoms with Crippen LogP contribution in [0.4, 0.5) is 15.0 Å². The number of fused-ring (bicyclic) bond motifs is 4. The summed E-state index contributed by atoms with van der Waals surface area (Å²) in [6.45, 7) is 4.44. The summed E-state index contributed by atoms with van der Waals surface area (Å²) < 4.78 is 28.4. The summed E-state index contributed by atoms with van der Waals surface area (Å²) in [7, 11) is 0. The van der Waals surface area contributed by atoms with Crippen molar-refractivity contribution >= 4 is 33.6 Å². The fourth-order valence-electron chi connectivity index (χ4n) is 7.92. The first-order valence-corrected chi connectivity index (χ1v) is 18.0. The molecule has 1 amide bonds. The number of alkyl carbamates (subject to hydrolysis) is 1. The van der Waals surface area contributed by atoms with Gasteiger partial charge >= 0.3 is 12.1 Å². The molecule has 51 heavy (non-hydrogen) atoms. The van der Waals surface area contributed by atoms with Crippen LogP contribution in [0.1, 0.15) is 37.7 Å². The van der Waals surface area contributed by atoms with E-state index in [1.165, 1.54) is 0 Å². The average Bonchev–Trinajstić information content (AvgIpc) is 3.75. The van der Waals surface area contributed by atoms with Crippen molar-refractivity contribution < 1.29 is 23.8 Å². The zero-order valence-electron chi connectivity index (χ0n) is 28.6. The first-order valence-electron chi connectivity index (χ1n) is 18.0. The minimum atomic E-state index is -0.466. The summed E-state index contributed by atoms with van der Waals surface area (Å²) in [6.07, 6.45) is 4.59. The SMILES string of the molecule is O=C(NCCCN1CCC[C@H]1COc1nc(N2C[C@H]3CC[C@@H](C2)N3)c2ccc(-c3cc(O)cc4ccccc34)c(F)c2n1)OCc1ccccc1. The molecule has 0 aliphatic carbocycles. The van der Waals surface area contributed by atoms with Gasteiger partial charge < -0.3 is 30.1 Å². The molecule has 11 heteroatoms. The fourth-order valence-corrected chi connectivity index (χ4v) is 7.92. The lowest BCUT2D eigenvalue weighted by Gasteiger charge is -2.34. The molecule has 4 heterocycles. The minimum Gasteiger partial charge on any atom is -0.508 e. The molecule has 3 saturated heterocycles. The quantitative estimate of drug-likeness (QED) is 0.136. The monoisotopic (exact) mass is 690 g/mol. The number of benzene rings is 4. The molecular formula is C40H43FN6O4. The Labute approximate surface area is 296 Å². The van der Waals surface area contributed by atoms with Gasteiger partial charge in [-0.25, -0.2) is 9.18 Å². The second kappa shape index (κ2) is 14.7. The molecule has 3 N–H and O–H groups in total. The predicted molar refractivity (Wildman–Crippen MR) is 196 cm³/mol. The highest BCUT2D eigenvalue weighted by Gasteiger charge is 2.34. The zero-order valence-corrected chi connectivity index (χ0v) is 28.6. The molecule has 5 aromatic rings. The number of likely N-dealkylation sites (tertiary alicyclic amines) is 1. The number of halogens is 1. The summed E-state index contributed by atoms with van der Waals surface area (Å²) in [5, 5.41) is 19.4. The number of carbonyl (C=O) groups is 1. The van der Waals surface area contributed by atoms with Gasteiger partial charge in [0.2, 0.25) is 0 Å². The normalized spacial score (nSPS) is 20.3. The van der Waals surface area contributed by atoms with Crippen LogP contribution >= 0.6 is 0 Å². The van der Waals surface area contributed by atoms with Crippen molar-refractivity contribution in [3.8, 4) is 22.9 Å². The highest BCUT2D eigenvalue weighted by molar-refractivity contribution is 6.01. The van der Waals surface area contributed by atoms with Gasteiger partial charge in [-0.1, -0.05) is 60.7 Å². The van der Waals surface area contributed by atoms with Crippen LogP contribution in [0.2, 0.25) is 0 Å². The van der Waals surface area contributed by atoms with Gasteiger partial charge in [0.1, 0.15) is 30.3 Å². The van der Waals surface area contributed by atoms with Gasteiger partial charge in [0.25, 0.3) is 0 Å². The summed E-state index contributed by atoms with van der Waals surface area (Å²) >= 11 is 0. The molecule has 3 atom stereocenters. The highest BCUT2D eigenvalue weighted by atomic mass is 19.1. The van der Waals surface area contributed by atoms with Crippen LogP contribution in [0.15, 0.2) is 78.9 Å². The molecule has 10 nitrogen and oxygen atoms in total. The third-order valence-corrected chi connectivity index (χ3v) is 10.4. The van der Waals surface area contributed by atoms with Crippen molar-refractivity contribution in [1.29, 1.82) is 0 Å². The Balaban J connectivity index is 0.992. The third kappa shape index (κ3) is 7.27. The van der Waals surface area contributed by atoms with Crippen molar-refractivity contribution in [1.82, 2.24) is 25.5 Å². The van der Waals surface area contributed by atoms with E-state index in [1.807, 2.05) is 60.7 Å². The molecule has 1 aromatic heterocycles. The lowest BCUT2D eigenvalue weighted by molar-refractivity contribution is 0.137. The van der Waals surface area contributed by atoms with Crippen LogP contribution in [-0.2, 0) is 11.3 Å². The summed E-state index contributed by atoms with van der Waals surface area (Å²) in [5.41, 5.74) is 2.13. The maximum Gasteiger partial charge on any atom is 0.407 e. The van der Waals surface area contributed by atoms with Crippen LogP contribution < -0.4 is 20.3 Å². The molecule has 0 saturated carbocycles. The highest BCUT2D eigenvalue weighted by Crippen LogP contribution is 2.39. The van der Waals surface area contributed by atoms with Crippen LogP contribution in [0.5, 0.6) is 11.8 Å². The van der Waals surface area contributed by atoms with E-state index in [-0.39, 0.29) is 29.9 Å². The molecule has 264 valence electrons. The van der Waals surface area contributed by atoms with Crippen LogP contribution in [-0.4, -0.2) is 83.5 Å². The second-order valence-electron chi connectivity index (χ2n) is 13.9. The lowest BCUT2D eigenvalue weighted by Crippen LogP contribution is -2.51. The van der Waals surface area contributed by atoms with Gasteiger partial charge in [-0.3, -0.25) is 4.90 Å². The zero-order chi connectivity index (χ0) is 34.7. The number of phenolic OH excluding ortho intramolecular Hbond substituents is 1. The Morgan fingerprint density at radius 2 is 1.75 bits per heavy atom. The minimum absolute atomic E-state index is 0.0757. The number of aromatic nitrogens is 2. The number of ether oxygens (including phenoxy) is 2. The number of anilines is 1. The first kappa shape index (κ1) is 33.2. The van der Waals surface area contributed by atoms with Gasteiger partial charge in [-0.05, 0) is 78.7 Å². The molecular weight excluding hydrogens is 647 g/mol. The second-order valence-corrected chi connectivity index (χ2v) is 13.9. The van der Waals surface area contributed by atoms with E-state index < -0.39 is 11.9 Å². The number of rotatable bonds is 11. The number of nitrogens with zero attached hydrogens (tertiary/aromatic N) is 4. The molecule has 3 aliphatic rings. The van der Waals surface area contributed by atoms with Crippen molar-refractivity contribution in [2.75, 3.05) is 44.2 Å². The van der Waals surface area contributed by atoms with E-state index in [0.29, 0.717) is 47.6 Å². The molecule has 0 unspecified atom stereocenters. The Hall–Kier alpha value is -5.00. The maximum absolute atomic E-state index is 16.8. The van der Waals surface area contributed by atoms with E-state index in [4.69, 9.17) is 19.4 Å². The molecule has 3 aliphatic heterocycles. The number of carbonyl (C=O) groups excluding carboxylic acids is 1. The average molecular weight is 691 g/mol. The van der Waals surface area contributed by atoms with E-state index in [1.54, 1.807) is 18.2 Å².